The second-order valence-electron chi connectivity index (χ2n) is 5.55. The van der Waals surface area contributed by atoms with Gasteiger partial charge >= 0.3 is 0 Å². The van der Waals surface area contributed by atoms with Crippen LogP contribution in [0, 0.1) is 6.92 Å². The molecule has 0 atom stereocenters. The van der Waals surface area contributed by atoms with E-state index in [1.165, 1.54) is 6.08 Å². The first kappa shape index (κ1) is 15.9. The zero-order chi connectivity index (χ0) is 16.9. The van der Waals surface area contributed by atoms with E-state index in [0.29, 0.717) is 5.69 Å². The molecule has 0 saturated heterocycles. The summed E-state index contributed by atoms with van der Waals surface area (Å²) in [5.74, 6) is -0.214. The monoisotopic (exact) mass is 318 g/mol. The van der Waals surface area contributed by atoms with Crippen LogP contribution in [0.4, 0.5) is 5.69 Å². The number of anilines is 1. The van der Waals surface area contributed by atoms with Crippen LogP contribution in [0.3, 0.4) is 0 Å². The van der Waals surface area contributed by atoms with Gasteiger partial charge in [-0.25, -0.2) is 0 Å². The summed E-state index contributed by atoms with van der Waals surface area (Å²) in [4.78, 5) is 16.5. The standard InChI is InChI=1S/C20H18N2O2/c1-14-6-7-15(13-23)12-19(14)22-20(24)9-8-16-10-11-21-18-5-3-2-4-17(16)18/h2-12,23H,13H2,1H3,(H,22,24)/b9-8+. The van der Waals surface area contributed by atoms with E-state index in [9.17, 15) is 9.90 Å². The normalized spacial score (nSPS) is 11.1. The lowest BCUT2D eigenvalue weighted by atomic mass is 10.1. The van der Waals surface area contributed by atoms with Gasteiger partial charge in [0, 0.05) is 23.3 Å². The highest BCUT2D eigenvalue weighted by atomic mass is 16.3. The number of rotatable bonds is 4. The number of hydrogen-bond acceptors (Lipinski definition) is 3. The molecular weight excluding hydrogens is 300 g/mol. The molecule has 120 valence electrons. The van der Waals surface area contributed by atoms with E-state index >= 15 is 0 Å². The lowest BCUT2D eigenvalue weighted by Gasteiger charge is -2.08. The second kappa shape index (κ2) is 7.06. The Morgan fingerprint density at radius 3 is 2.88 bits per heavy atom. The highest BCUT2D eigenvalue weighted by Crippen LogP contribution is 2.19. The Hall–Kier alpha value is -2.98. The molecule has 3 aromatic rings. The number of pyridine rings is 1. The van der Waals surface area contributed by atoms with Crippen LogP contribution >= 0.6 is 0 Å². The molecule has 24 heavy (non-hydrogen) atoms. The van der Waals surface area contributed by atoms with E-state index in [4.69, 9.17) is 0 Å². The topological polar surface area (TPSA) is 62.2 Å². The number of amides is 1. The fourth-order valence-electron chi connectivity index (χ4n) is 2.51. The number of aliphatic hydroxyl groups is 1. The van der Waals surface area contributed by atoms with Gasteiger partial charge in [-0.05, 0) is 47.9 Å². The number of fused-ring (bicyclic) bond motifs is 1. The predicted molar refractivity (Wildman–Crippen MR) is 96.5 cm³/mol. The molecule has 0 aliphatic carbocycles. The van der Waals surface area contributed by atoms with Crippen LogP contribution in [0.5, 0.6) is 0 Å². The highest BCUT2D eigenvalue weighted by molar-refractivity contribution is 6.03. The van der Waals surface area contributed by atoms with Crippen molar-refractivity contribution in [1.82, 2.24) is 4.98 Å². The smallest absolute Gasteiger partial charge is 0.248 e. The Kier molecular flexibility index (Phi) is 4.68. The first-order valence-corrected chi connectivity index (χ1v) is 7.70. The van der Waals surface area contributed by atoms with Gasteiger partial charge in [-0.2, -0.15) is 0 Å². The number of aliphatic hydroxyl groups excluding tert-OH is 1. The molecule has 1 heterocycles. The fraction of sp³-hybridized carbons (Fsp3) is 0.100. The molecule has 2 aromatic carbocycles. The average molecular weight is 318 g/mol. The lowest BCUT2D eigenvalue weighted by molar-refractivity contribution is -0.111. The number of nitrogens with zero attached hydrogens (tertiary/aromatic N) is 1. The molecule has 0 fully saturated rings. The summed E-state index contributed by atoms with van der Waals surface area (Å²) >= 11 is 0. The van der Waals surface area contributed by atoms with Crippen molar-refractivity contribution in [1.29, 1.82) is 0 Å². The molecule has 3 rings (SSSR count). The largest absolute Gasteiger partial charge is 0.392 e. The number of aromatic nitrogens is 1. The number of nitrogens with one attached hydrogen (secondary N) is 1. The van der Waals surface area contributed by atoms with Crippen LogP contribution in [-0.2, 0) is 11.4 Å². The van der Waals surface area contributed by atoms with E-state index < -0.39 is 0 Å². The van der Waals surface area contributed by atoms with E-state index in [1.54, 1.807) is 18.3 Å². The lowest BCUT2D eigenvalue weighted by Crippen LogP contribution is -2.09. The average Bonchev–Trinajstić information content (AvgIpc) is 2.61. The molecule has 1 amide bonds. The third-order valence-electron chi connectivity index (χ3n) is 3.84. The van der Waals surface area contributed by atoms with Crippen molar-refractivity contribution in [3.63, 3.8) is 0 Å². The van der Waals surface area contributed by atoms with Crippen molar-refractivity contribution in [2.45, 2.75) is 13.5 Å². The van der Waals surface area contributed by atoms with Crippen LogP contribution in [0.1, 0.15) is 16.7 Å². The Balaban J connectivity index is 1.80. The summed E-state index contributed by atoms with van der Waals surface area (Å²) in [6.07, 6.45) is 5.02. The summed E-state index contributed by atoms with van der Waals surface area (Å²) in [5, 5.41) is 13.1. The van der Waals surface area contributed by atoms with Gasteiger partial charge in [-0.15, -0.1) is 0 Å². The molecule has 0 unspecified atom stereocenters. The fourth-order valence-corrected chi connectivity index (χ4v) is 2.51. The van der Waals surface area contributed by atoms with E-state index in [-0.39, 0.29) is 12.5 Å². The zero-order valence-electron chi connectivity index (χ0n) is 13.4. The third kappa shape index (κ3) is 3.50. The Bertz CT molecular complexity index is 911. The van der Waals surface area contributed by atoms with Gasteiger partial charge < -0.3 is 10.4 Å². The Labute approximate surface area is 140 Å². The molecular formula is C20H18N2O2. The predicted octanol–water partition coefficient (Wildman–Crippen LogP) is 3.69. The minimum atomic E-state index is -0.214. The third-order valence-corrected chi connectivity index (χ3v) is 3.84. The maximum Gasteiger partial charge on any atom is 0.248 e. The summed E-state index contributed by atoms with van der Waals surface area (Å²) in [7, 11) is 0. The van der Waals surface area contributed by atoms with Gasteiger partial charge in [-0.3, -0.25) is 9.78 Å². The summed E-state index contributed by atoms with van der Waals surface area (Å²) in [5.41, 5.74) is 4.25. The van der Waals surface area contributed by atoms with Gasteiger partial charge in [0.15, 0.2) is 0 Å². The molecule has 0 spiro atoms. The van der Waals surface area contributed by atoms with Crippen LogP contribution in [0.2, 0.25) is 0 Å². The summed E-state index contributed by atoms with van der Waals surface area (Å²) in [6.45, 7) is 1.86. The van der Waals surface area contributed by atoms with Crippen molar-refractivity contribution in [3.8, 4) is 0 Å². The van der Waals surface area contributed by atoms with Gasteiger partial charge in [0.25, 0.3) is 0 Å². The number of carbonyl (C=O) groups excluding carboxylic acids is 1. The summed E-state index contributed by atoms with van der Waals surface area (Å²) < 4.78 is 0. The van der Waals surface area contributed by atoms with Crippen molar-refractivity contribution in [2.75, 3.05) is 5.32 Å². The van der Waals surface area contributed by atoms with Gasteiger partial charge in [0.2, 0.25) is 5.91 Å². The first-order chi connectivity index (χ1) is 11.7. The minimum absolute atomic E-state index is 0.0536. The summed E-state index contributed by atoms with van der Waals surface area (Å²) in [6, 6.07) is 15.2. The van der Waals surface area contributed by atoms with E-state index in [1.807, 2.05) is 49.4 Å². The molecule has 4 heteroatoms. The minimum Gasteiger partial charge on any atom is -0.392 e. The van der Waals surface area contributed by atoms with Gasteiger partial charge in [0.05, 0.1) is 12.1 Å². The van der Waals surface area contributed by atoms with E-state index in [0.717, 1.165) is 27.6 Å². The SMILES string of the molecule is Cc1ccc(CO)cc1NC(=O)/C=C/c1ccnc2ccccc12. The zero-order valence-corrected chi connectivity index (χ0v) is 13.4. The Morgan fingerprint density at radius 1 is 1.21 bits per heavy atom. The second-order valence-corrected chi connectivity index (χ2v) is 5.55. The molecule has 4 nitrogen and oxygen atoms in total. The number of para-hydroxylation sites is 1. The molecule has 0 saturated carbocycles. The molecule has 0 aliphatic rings. The molecule has 0 aliphatic heterocycles. The van der Waals surface area contributed by atoms with Crippen LogP contribution in [0.25, 0.3) is 17.0 Å². The molecule has 2 N–H and O–H groups in total. The molecule has 0 bridgehead atoms. The van der Waals surface area contributed by atoms with E-state index in [2.05, 4.69) is 10.3 Å². The highest BCUT2D eigenvalue weighted by Gasteiger charge is 2.04. The first-order valence-electron chi connectivity index (χ1n) is 7.70. The van der Waals surface area contributed by atoms with Crippen LogP contribution in [-0.4, -0.2) is 16.0 Å². The number of carbonyl (C=O) groups is 1. The maximum atomic E-state index is 12.2. The van der Waals surface area contributed by atoms with Crippen molar-refractivity contribution in [2.24, 2.45) is 0 Å². The van der Waals surface area contributed by atoms with Crippen molar-refractivity contribution < 1.29 is 9.90 Å². The van der Waals surface area contributed by atoms with Gasteiger partial charge in [-0.1, -0.05) is 30.3 Å². The number of hydrogen-bond donors (Lipinski definition) is 2. The maximum absolute atomic E-state index is 12.2. The molecule has 1 aromatic heterocycles. The van der Waals surface area contributed by atoms with Gasteiger partial charge in [0.1, 0.15) is 0 Å². The quantitative estimate of drug-likeness (QED) is 0.721. The van der Waals surface area contributed by atoms with Crippen LogP contribution < -0.4 is 5.32 Å². The Morgan fingerprint density at radius 2 is 2.04 bits per heavy atom. The molecule has 0 radical (unpaired) electrons. The van der Waals surface area contributed by atoms with Crippen LogP contribution in [0.15, 0.2) is 60.8 Å². The number of aryl methyl sites for hydroxylation is 1. The van der Waals surface area contributed by atoms with Crippen molar-refractivity contribution in [3.05, 3.63) is 77.5 Å². The van der Waals surface area contributed by atoms with Crippen molar-refractivity contribution >= 4 is 28.6 Å². The number of benzene rings is 2.